The minimum absolute atomic E-state index is 0.0899. The third kappa shape index (κ3) is 3.56. The van der Waals surface area contributed by atoms with Crippen molar-refractivity contribution in [2.75, 3.05) is 7.11 Å². The van der Waals surface area contributed by atoms with E-state index in [-0.39, 0.29) is 24.0 Å². The largest absolute Gasteiger partial charge is 0.469 e. The molecule has 1 N–H and O–H groups in total. The summed E-state index contributed by atoms with van der Waals surface area (Å²) < 4.78 is 4.77. The third-order valence-corrected chi connectivity index (χ3v) is 4.36. The van der Waals surface area contributed by atoms with E-state index < -0.39 is 0 Å². The van der Waals surface area contributed by atoms with Crippen LogP contribution in [0.4, 0.5) is 0 Å². The molecule has 0 radical (unpaired) electrons. The van der Waals surface area contributed by atoms with Gasteiger partial charge in [0.05, 0.1) is 13.0 Å². The molecule has 0 bridgehead atoms. The highest BCUT2D eigenvalue weighted by atomic mass is 32.1. The lowest BCUT2D eigenvalue weighted by Crippen LogP contribution is -2.38. The Morgan fingerprint density at radius 2 is 1.94 bits per heavy atom. The van der Waals surface area contributed by atoms with Crippen LogP contribution >= 0.6 is 11.3 Å². The molecule has 1 aromatic rings. The van der Waals surface area contributed by atoms with Gasteiger partial charge in [0.2, 0.25) is 0 Å². The van der Waals surface area contributed by atoms with Crippen molar-refractivity contribution in [3.8, 4) is 0 Å². The molecule has 1 rings (SSSR count). The predicted octanol–water partition coefficient (Wildman–Crippen LogP) is 3.21. The monoisotopic (exact) mass is 269 g/mol. The summed E-state index contributed by atoms with van der Waals surface area (Å²) in [5.74, 6) is -0.307. The zero-order chi connectivity index (χ0) is 13.9. The highest BCUT2D eigenvalue weighted by Gasteiger charge is 2.23. The van der Waals surface area contributed by atoms with Crippen LogP contribution in [0.25, 0.3) is 0 Å². The maximum Gasteiger partial charge on any atom is 0.309 e. The first-order valence-electron chi connectivity index (χ1n) is 6.27. The summed E-state index contributed by atoms with van der Waals surface area (Å²) in [5.41, 5.74) is 1.32. The lowest BCUT2D eigenvalue weighted by atomic mass is 10.0. The molecule has 3 atom stereocenters. The van der Waals surface area contributed by atoms with Gasteiger partial charge in [-0.1, -0.05) is 6.92 Å². The molecule has 0 aliphatic carbocycles. The molecule has 1 heterocycles. The predicted molar refractivity (Wildman–Crippen MR) is 76.0 cm³/mol. The Morgan fingerprint density at radius 1 is 1.33 bits per heavy atom. The molecule has 0 fully saturated rings. The summed E-state index contributed by atoms with van der Waals surface area (Å²) in [6, 6.07) is 2.55. The fourth-order valence-corrected chi connectivity index (χ4v) is 3.12. The van der Waals surface area contributed by atoms with Crippen molar-refractivity contribution in [3.05, 3.63) is 21.4 Å². The number of hydrogen-bond acceptors (Lipinski definition) is 4. The van der Waals surface area contributed by atoms with E-state index in [1.165, 1.54) is 22.4 Å². The number of hydrogen-bond donors (Lipinski definition) is 1. The number of nitrogens with one attached hydrogen (secondary N) is 1. The lowest BCUT2D eigenvalue weighted by Gasteiger charge is -2.24. The van der Waals surface area contributed by atoms with E-state index >= 15 is 0 Å². The van der Waals surface area contributed by atoms with Gasteiger partial charge in [0, 0.05) is 21.8 Å². The fourth-order valence-electron chi connectivity index (χ4n) is 2.10. The van der Waals surface area contributed by atoms with E-state index in [1.54, 1.807) is 0 Å². The van der Waals surface area contributed by atoms with Crippen molar-refractivity contribution >= 4 is 17.3 Å². The van der Waals surface area contributed by atoms with Crippen LogP contribution in [-0.4, -0.2) is 19.1 Å². The molecule has 18 heavy (non-hydrogen) atoms. The highest BCUT2D eigenvalue weighted by Crippen LogP contribution is 2.26. The van der Waals surface area contributed by atoms with Crippen LogP contribution in [0.3, 0.4) is 0 Å². The number of ether oxygens (including phenoxy) is 1. The summed E-state index contributed by atoms with van der Waals surface area (Å²) in [6.45, 7) is 10.3. The number of carbonyl (C=O) groups is 1. The fraction of sp³-hybridized carbons (Fsp3) is 0.643. The first-order valence-corrected chi connectivity index (χ1v) is 7.09. The molecule has 1 aromatic heterocycles. The number of aryl methyl sites for hydroxylation is 2. The molecule has 0 aliphatic heterocycles. The Kier molecular flexibility index (Phi) is 5.35. The summed E-state index contributed by atoms with van der Waals surface area (Å²) in [4.78, 5) is 14.1. The smallest absolute Gasteiger partial charge is 0.309 e. The number of carbonyl (C=O) groups excluding carboxylic acids is 1. The molecule has 4 heteroatoms. The Bertz CT molecular complexity index is 414. The third-order valence-electron chi connectivity index (χ3n) is 3.38. The second-order valence-electron chi connectivity index (χ2n) is 4.86. The van der Waals surface area contributed by atoms with Gasteiger partial charge in [-0.25, -0.2) is 0 Å². The molecule has 0 saturated heterocycles. The second-order valence-corrected chi connectivity index (χ2v) is 6.32. The standard InChI is InChI=1S/C14H23NO2S/c1-8-7-13(12(5)18-8)11(4)15-10(3)9(2)14(16)17-6/h7,9-11,15H,1-6H3. The van der Waals surface area contributed by atoms with Crippen LogP contribution in [-0.2, 0) is 9.53 Å². The minimum atomic E-state index is -0.166. The number of methoxy groups -OCH3 is 1. The summed E-state index contributed by atoms with van der Waals surface area (Å²) in [5, 5.41) is 3.47. The average Bonchev–Trinajstić information content (AvgIpc) is 2.66. The van der Waals surface area contributed by atoms with Gasteiger partial charge >= 0.3 is 5.97 Å². The van der Waals surface area contributed by atoms with Gasteiger partial charge in [-0.05, 0) is 39.3 Å². The van der Waals surface area contributed by atoms with Gasteiger partial charge in [0.15, 0.2) is 0 Å². The van der Waals surface area contributed by atoms with E-state index in [0.717, 1.165) is 0 Å². The highest BCUT2D eigenvalue weighted by molar-refractivity contribution is 7.12. The molecule has 0 aromatic carbocycles. The molecule has 3 nitrogen and oxygen atoms in total. The van der Waals surface area contributed by atoms with Crippen molar-refractivity contribution in [1.82, 2.24) is 5.32 Å². The van der Waals surface area contributed by atoms with Gasteiger partial charge in [0.25, 0.3) is 0 Å². The molecule has 0 aliphatic rings. The van der Waals surface area contributed by atoms with Gasteiger partial charge in [0.1, 0.15) is 0 Å². The number of esters is 1. The van der Waals surface area contributed by atoms with Crippen LogP contribution in [0.5, 0.6) is 0 Å². The molecular formula is C14H23NO2S. The van der Waals surface area contributed by atoms with E-state index in [2.05, 4.69) is 32.2 Å². The molecule has 0 amide bonds. The van der Waals surface area contributed by atoms with Crippen molar-refractivity contribution < 1.29 is 9.53 Å². The zero-order valence-electron chi connectivity index (χ0n) is 12.0. The SMILES string of the molecule is COC(=O)C(C)C(C)NC(C)c1cc(C)sc1C. The lowest BCUT2D eigenvalue weighted by molar-refractivity contribution is -0.145. The Balaban J connectivity index is 2.67. The van der Waals surface area contributed by atoms with E-state index in [4.69, 9.17) is 4.74 Å². The van der Waals surface area contributed by atoms with Crippen LogP contribution in [0.15, 0.2) is 6.07 Å². The van der Waals surface area contributed by atoms with Gasteiger partial charge in [-0.3, -0.25) is 4.79 Å². The van der Waals surface area contributed by atoms with E-state index in [9.17, 15) is 4.79 Å². The molecular weight excluding hydrogens is 246 g/mol. The topological polar surface area (TPSA) is 38.3 Å². The first kappa shape index (κ1) is 15.2. The van der Waals surface area contributed by atoms with Crippen LogP contribution in [0.1, 0.15) is 42.1 Å². The quantitative estimate of drug-likeness (QED) is 0.834. The summed E-state index contributed by atoms with van der Waals surface area (Å²) in [6.07, 6.45) is 0. The van der Waals surface area contributed by atoms with E-state index in [1.807, 2.05) is 25.2 Å². The van der Waals surface area contributed by atoms with Crippen molar-refractivity contribution in [2.24, 2.45) is 5.92 Å². The van der Waals surface area contributed by atoms with Gasteiger partial charge in [-0.2, -0.15) is 0 Å². The molecule has 0 saturated carbocycles. The van der Waals surface area contributed by atoms with Gasteiger partial charge < -0.3 is 10.1 Å². The van der Waals surface area contributed by atoms with E-state index in [0.29, 0.717) is 0 Å². The van der Waals surface area contributed by atoms with Crippen LogP contribution in [0.2, 0.25) is 0 Å². The average molecular weight is 269 g/mol. The Morgan fingerprint density at radius 3 is 2.39 bits per heavy atom. The first-order chi connectivity index (χ1) is 8.36. The van der Waals surface area contributed by atoms with Crippen molar-refractivity contribution in [3.63, 3.8) is 0 Å². The van der Waals surface area contributed by atoms with Crippen LogP contribution < -0.4 is 5.32 Å². The maximum absolute atomic E-state index is 11.5. The number of thiophene rings is 1. The second kappa shape index (κ2) is 6.34. The maximum atomic E-state index is 11.5. The van der Waals surface area contributed by atoms with Crippen molar-refractivity contribution in [2.45, 2.75) is 46.7 Å². The Labute approximate surface area is 114 Å². The zero-order valence-corrected chi connectivity index (χ0v) is 12.9. The van der Waals surface area contributed by atoms with Crippen LogP contribution in [0, 0.1) is 19.8 Å². The molecule has 102 valence electrons. The minimum Gasteiger partial charge on any atom is -0.469 e. The summed E-state index contributed by atoms with van der Waals surface area (Å²) in [7, 11) is 1.43. The molecule has 3 unspecified atom stereocenters. The van der Waals surface area contributed by atoms with Gasteiger partial charge in [-0.15, -0.1) is 11.3 Å². The Hall–Kier alpha value is -0.870. The normalized spacial score (nSPS) is 16.1. The molecule has 0 spiro atoms. The van der Waals surface area contributed by atoms with Crippen molar-refractivity contribution in [1.29, 1.82) is 0 Å². The summed E-state index contributed by atoms with van der Waals surface area (Å²) >= 11 is 1.81. The number of rotatable bonds is 5.